The second-order valence-electron chi connectivity index (χ2n) is 2.79. The van der Waals surface area contributed by atoms with Gasteiger partial charge in [0, 0.05) is 12.5 Å². The molecule has 0 aliphatic carbocycles. The summed E-state index contributed by atoms with van der Waals surface area (Å²) in [6, 6.07) is 0.524. The van der Waals surface area contributed by atoms with E-state index >= 15 is 0 Å². The highest BCUT2D eigenvalue weighted by Gasteiger charge is 2.09. The molecule has 0 aromatic heterocycles. The minimum Gasteiger partial charge on any atom is -0.313 e. The van der Waals surface area contributed by atoms with Crippen molar-refractivity contribution in [3.05, 3.63) is 0 Å². The van der Waals surface area contributed by atoms with Crippen LogP contribution in [0.25, 0.3) is 0 Å². The molecule has 1 unspecified atom stereocenters. The molecule has 1 heterocycles. The lowest BCUT2D eigenvalue weighted by Gasteiger charge is -2.20. The van der Waals surface area contributed by atoms with Gasteiger partial charge in [-0.05, 0) is 25.3 Å². The zero-order valence-electron chi connectivity index (χ0n) is 6.60. The SMILES string of the molecule is O=CC#CCC1CCCCN1. The molecule has 0 aromatic rings. The van der Waals surface area contributed by atoms with Crippen molar-refractivity contribution in [3.8, 4) is 11.8 Å². The molecule has 1 fully saturated rings. The van der Waals surface area contributed by atoms with Crippen LogP contribution in [0.2, 0.25) is 0 Å². The van der Waals surface area contributed by atoms with Crippen LogP contribution in [0.3, 0.4) is 0 Å². The van der Waals surface area contributed by atoms with Crippen LogP contribution in [-0.4, -0.2) is 18.9 Å². The second-order valence-corrected chi connectivity index (χ2v) is 2.79. The van der Waals surface area contributed by atoms with Crippen molar-refractivity contribution in [3.63, 3.8) is 0 Å². The predicted octanol–water partition coefficient (Wildman–Crippen LogP) is 0.721. The number of carbonyl (C=O) groups is 1. The van der Waals surface area contributed by atoms with Gasteiger partial charge in [-0.1, -0.05) is 12.3 Å². The molecule has 11 heavy (non-hydrogen) atoms. The molecule has 60 valence electrons. The average Bonchev–Trinajstić information content (AvgIpc) is 2.07. The van der Waals surface area contributed by atoms with Crippen LogP contribution in [0.4, 0.5) is 0 Å². The van der Waals surface area contributed by atoms with Crippen LogP contribution in [-0.2, 0) is 4.79 Å². The molecule has 0 spiro atoms. The molecule has 2 heteroatoms. The van der Waals surface area contributed by atoms with E-state index in [1.165, 1.54) is 19.3 Å². The number of hydrogen-bond donors (Lipinski definition) is 1. The van der Waals surface area contributed by atoms with Gasteiger partial charge in [0.2, 0.25) is 0 Å². The van der Waals surface area contributed by atoms with Crippen molar-refractivity contribution in [1.82, 2.24) is 5.32 Å². The van der Waals surface area contributed by atoms with Gasteiger partial charge < -0.3 is 5.32 Å². The quantitative estimate of drug-likeness (QED) is 0.442. The minimum absolute atomic E-state index is 0.524. The molecular weight excluding hydrogens is 138 g/mol. The van der Waals surface area contributed by atoms with Gasteiger partial charge in [-0.15, -0.1) is 0 Å². The summed E-state index contributed by atoms with van der Waals surface area (Å²) in [5.74, 6) is 5.25. The summed E-state index contributed by atoms with van der Waals surface area (Å²) >= 11 is 0. The summed E-state index contributed by atoms with van der Waals surface area (Å²) in [6.07, 6.45) is 5.24. The smallest absolute Gasteiger partial charge is 0.192 e. The molecule has 2 nitrogen and oxygen atoms in total. The highest BCUT2D eigenvalue weighted by Crippen LogP contribution is 2.08. The summed E-state index contributed by atoms with van der Waals surface area (Å²) < 4.78 is 0. The number of carbonyl (C=O) groups excluding carboxylic acids is 1. The van der Waals surface area contributed by atoms with Crippen LogP contribution in [0.5, 0.6) is 0 Å². The predicted molar refractivity (Wildman–Crippen MR) is 44.1 cm³/mol. The van der Waals surface area contributed by atoms with E-state index in [9.17, 15) is 4.79 Å². The minimum atomic E-state index is 0.524. The highest BCUT2D eigenvalue weighted by molar-refractivity contribution is 5.72. The van der Waals surface area contributed by atoms with Crippen LogP contribution >= 0.6 is 0 Å². The van der Waals surface area contributed by atoms with Crippen LogP contribution in [0, 0.1) is 11.8 Å². The number of piperidine rings is 1. The van der Waals surface area contributed by atoms with Gasteiger partial charge in [-0.3, -0.25) is 4.79 Å². The first-order valence-electron chi connectivity index (χ1n) is 4.09. The number of nitrogens with one attached hydrogen (secondary N) is 1. The number of rotatable bonds is 1. The molecule has 0 bridgehead atoms. The van der Waals surface area contributed by atoms with Crippen molar-refractivity contribution in [2.75, 3.05) is 6.54 Å². The van der Waals surface area contributed by atoms with Gasteiger partial charge in [0.25, 0.3) is 0 Å². The Morgan fingerprint density at radius 2 is 2.45 bits per heavy atom. The molecule has 1 rings (SSSR count). The average molecular weight is 151 g/mol. The van der Waals surface area contributed by atoms with Crippen LogP contribution < -0.4 is 5.32 Å². The van der Waals surface area contributed by atoms with Crippen molar-refractivity contribution in [2.24, 2.45) is 0 Å². The number of aldehydes is 1. The molecule has 0 aromatic carbocycles. The Hall–Kier alpha value is -0.810. The van der Waals surface area contributed by atoms with E-state index in [0.717, 1.165) is 13.0 Å². The first-order chi connectivity index (χ1) is 5.43. The van der Waals surface area contributed by atoms with E-state index in [-0.39, 0.29) is 0 Å². The molecule has 1 saturated heterocycles. The first-order valence-corrected chi connectivity index (χ1v) is 4.09. The van der Waals surface area contributed by atoms with Gasteiger partial charge >= 0.3 is 0 Å². The Balaban J connectivity index is 2.19. The van der Waals surface area contributed by atoms with Crippen molar-refractivity contribution in [2.45, 2.75) is 31.7 Å². The lowest BCUT2D eigenvalue weighted by atomic mass is 10.0. The molecular formula is C9H13NO. The molecule has 0 radical (unpaired) electrons. The van der Waals surface area contributed by atoms with Gasteiger partial charge in [0.1, 0.15) is 0 Å². The zero-order valence-corrected chi connectivity index (χ0v) is 6.60. The molecule has 1 aliphatic heterocycles. The molecule has 1 aliphatic rings. The standard InChI is InChI=1S/C9H13NO/c11-8-4-2-6-9-5-1-3-7-10-9/h8-10H,1,3,5-7H2. The Morgan fingerprint density at radius 1 is 1.55 bits per heavy atom. The lowest BCUT2D eigenvalue weighted by molar-refractivity contribution is -0.103. The molecule has 1 N–H and O–H groups in total. The normalized spacial score (nSPS) is 23.5. The fourth-order valence-corrected chi connectivity index (χ4v) is 1.32. The van der Waals surface area contributed by atoms with Crippen molar-refractivity contribution in [1.29, 1.82) is 0 Å². The first kappa shape index (κ1) is 8.29. The fraction of sp³-hybridized carbons (Fsp3) is 0.667. The summed E-state index contributed by atoms with van der Waals surface area (Å²) in [4.78, 5) is 9.85. The lowest BCUT2D eigenvalue weighted by Crippen LogP contribution is -2.33. The Morgan fingerprint density at radius 3 is 3.09 bits per heavy atom. The van der Waals surface area contributed by atoms with Gasteiger partial charge in [0.15, 0.2) is 6.29 Å². The topological polar surface area (TPSA) is 29.1 Å². The van der Waals surface area contributed by atoms with E-state index in [1.807, 2.05) is 0 Å². The van der Waals surface area contributed by atoms with E-state index in [4.69, 9.17) is 0 Å². The van der Waals surface area contributed by atoms with Crippen LogP contribution in [0.15, 0.2) is 0 Å². The largest absolute Gasteiger partial charge is 0.313 e. The van der Waals surface area contributed by atoms with E-state index in [0.29, 0.717) is 12.3 Å². The van der Waals surface area contributed by atoms with Gasteiger partial charge in [0.05, 0.1) is 0 Å². The third-order valence-electron chi connectivity index (χ3n) is 1.92. The monoisotopic (exact) mass is 151 g/mol. The third-order valence-corrected chi connectivity index (χ3v) is 1.92. The second kappa shape index (κ2) is 4.92. The van der Waals surface area contributed by atoms with E-state index < -0.39 is 0 Å². The maximum absolute atomic E-state index is 9.85. The van der Waals surface area contributed by atoms with Gasteiger partial charge in [-0.2, -0.15) is 0 Å². The third kappa shape index (κ3) is 3.20. The molecule has 1 atom stereocenters. The molecule has 0 amide bonds. The summed E-state index contributed by atoms with van der Waals surface area (Å²) in [5.41, 5.74) is 0. The van der Waals surface area contributed by atoms with Crippen molar-refractivity contribution >= 4 is 6.29 Å². The fourth-order valence-electron chi connectivity index (χ4n) is 1.32. The van der Waals surface area contributed by atoms with Crippen LogP contribution in [0.1, 0.15) is 25.7 Å². The maximum atomic E-state index is 9.85. The highest BCUT2D eigenvalue weighted by atomic mass is 16.1. The summed E-state index contributed by atoms with van der Waals surface area (Å²) in [6.45, 7) is 1.10. The van der Waals surface area contributed by atoms with Gasteiger partial charge in [-0.25, -0.2) is 0 Å². The van der Waals surface area contributed by atoms with Crippen molar-refractivity contribution < 1.29 is 4.79 Å². The Bertz CT molecular complexity index is 172. The Labute approximate surface area is 67.4 Å². The summed E-state index contributed by atoms with van der Waals surface area (Å²) in [5, 5.41) is 3.36. The number of hydrogen-bond acceptors (Lipinski definition) is 2. The summed E-state index contributed by atoms with van der Waals surface area (Å²) in [7, 11) is 0. The zero-order chi connectivity index (χ0) is 7.94. The Kier molecular flexibility index (Phi) is 3.71. The molecule has 0 saturated carbocycles. The van der Waals surface area contributed by atoms with E-state index in [2.05, 4.69) is 17.2 Å². The van der Waals surface area contributed by atoms with E-state index in [1.54, 1.807) is 0 Å². The maximum Gasteiger partial charge on any atom is 0.192 e.